The maximum Gasteiger partial charge on any atom is 0.135 e. The summed E-state index contributed by atoms with van der Waals surface area (Å²) in [6, 6.07) is 30.7. The third-order valence-corrected chi connectivity index (χ3v) is 12.4. The van der Waals surface area contributed by atoms with Crippen molar-refractivity contribution < 1.29 is 9.67 Å². The van der Waals surface area contributed by atoms with Crippen LogP contribution in [0, 0.1) is 5.92 Å². The lowest BCUT2D eigenvalue weighted by Crippen LogP contribution is -2.44. The highest BCUT2D eigenvalue weighted by Gasteiger charge is 2.63. The molecule has 1 saturated carbocycles. The van der Waals surface area contributed by atoms with E-state index >= 15 is 4.57 Å². The van der Waals surface area contributed by atoms with Crippen molar-refractivity contribution in [1.29, 1.82) is 0 Å². The van der Waals surface area contributed by atoms with Gasteiger partial charge in [0, 0.05) is 11.0 Å². The Bertz CT molecular complexity index is 1060. The fraction of sp³-hybridized carbons (Fsp3) is 0.379. The summed E-state index contributed by atoms with van der Waals surface area (Å²) in [7, 11) is -3.09. The number of hydrogen-bond donors (Lipinski definition) is 1. The quantitative estimate of drug-likeness (QED) is 0.428. The third kappa shape index (κ3) is 3.40. The van der Waals surface area contributed by atoms with Gasteiger partial charge in [0.1, 0.15) is 7.14 Å². The van der Waals surface area contributed by atoms with Crippen molar-refractivity contribution >= 4 is 12.4 Å². The van der Waals surface area contributed by atoms with Gasteiger partial charge in [-0.25, -0.2) is 0 Å². The van der Waals surface area contributed by atoms with Gasteiger partial charge in [0.2, 0.25) is 0 Å². The van der Waals surface area contributed by atoms with Crippen LogP contribution in [0.3, 0.4) is 0 Å². The molecule has 1 N–H and O–H groups in total. The second-order valence-corrected chi connectivity index (χ2v) is 12.8. The summed E-state index contributed by atoms with van der Waals surface area (Å²) in [4.78, 5) is 0. The molecule has 3 aromatic carbocycles. The average molecular weight is 445 g/mol. The molecular formula is C29H33O2P. The SMILES string of the molecule is O=[P@@]1(c2ccccc2)[C@H](c2ccccc2)CC[C@@]1(c1ccccc1)C(O)C1CCCCC1. The molecule has 3 aromatic rings. The van der Waals surface area contributed by atoms with Gasteiger partial charge in [-0.05, 0) is 42.7 Å². The molecule has 4 atom stereocenters. The van der Waals surface area contributed by atoms with E-state index in [0.717, 1.165) is 55.0 Å². The first kappa shape index (κ1) is 21.7. The lowest BCUT2D eigenvalue weighted by atomic mass is 9.76. The van der Waals surface area contributed by atoms with E-state index in [1.54, 1.807) is 0 Å². The van der Waals surface area contributed by atoms with Gasteiger partial charge in [-0.2, -0.15) is 0 Å². The van der Waals surface area contributed by atoms with E-state index in [-0.39, 0.29) is 11.6 Å². The van der Waals surface area contributed by atoms with Crippen molar-refractivity contribution in [3.8, 4) is 0 Å². The normalized spacial score (nSPS) is 29.6. The highest BCUT2D eigenvalue weighted by Crippen LogP contribution is 2.80. The number of aliphatic hydroxyl groups is 1. The maximum absolute atomic E-state index is 15.7. The van der Waals surface area contributed by atoms with Gasteiger partial charge < -0.3 is 9.67 Å². The molecule has 1 saturated heterocycles. The first-order valence-electron chi connectivity index (χ1n) is 12.1. The Kier molecular flexibility index (Phi) is 6.10. The summed E-state index contributed by atoms with van der Waals surface area (Å²) >= 11 is 0. The van der Waals surface area contributed by atoms with Gasteiger partial charge in [0.05, 0.1) is 11.3 Å². The van der Waals surface area contributed by atoms with E-state index in [4.69, 9.17) is 0 Å². The Morgan fingerprint density at radius 1 is 0.750 bits per heavy atom. The monoisotopic (exact) mass is 444 g/mol. The molecule has 1 aliphatic heterocycles. The minimum atomic E-state index is -3.09. The molecule has 0 amide bonds. The van der Waals surface area contributed by atoms with Crippen LogP contribution in [0.2, 0.25) is 0 Å². The van der Waals surface area contributed by atoms with E-state index in [0.29, 0.717) is 0 Å². The van der Waals surface area contributed by atoms with Crippen LogP contribution >= 0.6 is 7.14 Å². The zero-order chi connectivity index (χ0) is 22.0. The Morgan fingerprint density at radius 3 is 1.94 bits per heavy atom. The number of aliphatic hydroxyl groups excluding tert-OH is 1. The molecule has 1 aliphatic carbocycles. The minimum absolute atomic E-state index is 0.0791. The standard InChI is InChI=1S/C29H33O2P/c30-28(24-15-7-2-8-16-24)29(25-17-9-3-10-18-25)22-21-27(23-13-5-1-6-14-23)32(29,31)26-19-11-4-12-20-26/h1,3-6,9-14,17-20,24,27-28,30H,2,7-8,15-16,21-22H2/t27-,28?,29+,32-/m0/s1. The van der Waals surface area contributed by atoms with Crippen LogP contribution in [0.1, 0.15) is 61.7 Å². The van der Waals surface area contributed by atoms with Crippen molar-refractivity contribution in [2.75, 3.05) is 0 Å². The lowest BCUT2D eigenvalue weighted by Gasteiger charge is -2.45. The highest BCUT2D eigenvalue weighted by atomic mass is 31.2. The Hall–Kier alpha value is -2.15. The molecule has 5 rings (SSSR count). The molecule has 1 heterocycles. The first-order chi connectivity index (χ1) is 15.7. The molecular weight excluding hydrogens is 411 g/mol. The summed E-state index contributed by atoms with van der Waals surface area (Å²) in [6.45, 7) is 0. The van der Waals surface area contributed by atoms with E-state index in [2.05, 4.69) is 24.3 Å². The largest absolute Gasteiger partial charge is 0.391 e. The van der Waals surface area contributed by atoms with Gasteiger partial charge in [0.25, 0.3) is 0 Å². The van der Waals surface area contributed by atoms with Gasteiger partial charge in [-0.1, -0.05) is 110 Å². The molecule has 2 nitrogen and oxygen atoms in total. The predicted octanol–water partition coefficient (Wildman–Crippen LogP) is 7.05. The van der Waals surface area contributed by atoms with E-state index < -0.39 is 18.4 Å². The Balaban J connectivity index is 1.75. The second kappa shape index (κ2) is 9.00. The molecule has 1 unspecified atom stereocenters. The second-order valence-electron chi connectivity index (χ2n) is 9.59. The summed E-state index contributed by atoms with van der Waals surface area (Å²) in [5.41, 5.74) is 2.10. The minimum Gasteiger partial charge on any atom is -0.391 e. The molecule has 0 spiro atoms. The molecule has 32 heavy (non-hydrogen) atoms. The molecule has 0 bridgehead atoms. The zero-order valence-electron chi connectivity index (χ0n) is 18.6. The van der Waals surface area contributed by atoms with Crippen LogP contribution in [0.4, 0.5) is 0 Å². The lowest BCUT2D eigenvalue weighted by molar-refractivity contribution is 0.0433. The summed E-state index contributed by atoms with van der Waals surface area (Å²) in [6.07, 6.45) is 6.58. The molecule has 3 heteroatoms. The first-order valence-corrected chi connectivity index (χ1v) is 13.9. The molecule has 166 valence electrons. The molecule has 2 fully saturated rings. The van der Waals surface area contributed by atoms with E-state index in [1.165, 1.54) is 6.42 Å². The average Bonchev–Trinajstić information content (AvgIpc) is 3.20. The van der Waals surface area contributed by atoms with Crippen LogP contribution in [-0.4, -0.2) is 11.2 Å². The molecule has 0 radical (unpaired) electrons. The summed E-state index contributed by atoms with van der Waals surface area (Å²) < 4.78 is 15.7. The zero-order valence-corrected chi connectivity index (χ0v) is 19.5. The van der Waals surface area contributed by atoms with Gasteiger partial charge in [0.15, 0.2) is 0 Å². The number of hydrogen-bond acceptors (Lipinski definition) is 2. The van der Waals surface area contributed by atoms with Gasteiger partial charge in [-0.3, -0.25) is 0 Å². The predicted molar refractivity (Wildman–Crippen MR) is 133 cm³/mol. The van der Waals surface area contributed by atoms with Crippen LogP contribution in [0.5, 0.6) is 0 Å². The van der Waals surface area contributed by atoms with Crippen molar-refractivity contribution in [1.82, 2.24) is 0 Å². The summed E-state index contributed by atoms with van der Waals surface area (Å²) in [5, 5.41) is 12.3. The molecule has 2 aliphatic rings. The topological polar surface area (TPSA) is 37.3 Å². The van der Waals surface area contributed by atoms with Crippen LogP contribution in [0.25, 0.3) is 0 Å². The third-order valence-electron chi connectivity index (χ3n) is 8.01. The Labute approximate surface area is 192 Å². The van der Waals surface area contributed by atoms with Crippen molar-refractivity contribution in [2.45, 2.75) is 61.9 Å². The van der Waals surface area contributed by atoms with Crippen LogP contribution in [-0.2, 0) is 9.72 Å². The van der Waals surface area contributed by atoms with Crippen molar-refractivity contribution in [3.05, 3.63) is 102 Å². The van der Waals surface area contributed by atoms with E-state index in [1.807, 2.05) is 66.7 Å². The van der Waals surface area contributed by atoms with Crippen molar-refractivity contribution in [3.63, 3.8) is 0 Å². The number of benzene rings is 3. The maximum atomic E-state index is 15.7. The van der Waals surface area contributed by atoms with Gasteiger partial charge in [-0.15, -0.1) is 0 Å². The summed E-state index contributed by atoms with van der Waals surface area (Å²) in [5.74, 6) is 0.204. The van der Waals surface area contributed by atoms with E-state index in [9.17, 15) is 5.11 Å². The molecule has 0 aromatic heterocycles. The van der Waals surface area contributed by atoms with Crippen LogP contribution in [0.15, 0.2) is 91.0 Å². The smallest absolute Gasteiger partial charge is 0.135 e. The number of rotatable bonds is 5. The van der Waals surface area contributed by atoms with Gasteiger partial charge >= 0.3 is 0 Å². The highest BCUT2D eigenvalue weighted by molar-refractivity contribution is 7.73. The fourth-order valence-electron chi connectivity index (χ4n) is 6.51. The Morgan fingerprint density at radius 2 is 1.31 bits per heavy atom. The fourth-order valence-corrected chi connectivity index (χ4v) is 11.2. The van der Waals surface area contributed by atoms with Crippen molar-refractivity contribution in [2.24, 2.45) is 5.92 Å². The van der Waals surface area contributed by atoms with Crippen LogP contribution < -0.4 is 5.30 Å².